The Labute approximate surface area is 195 Å². The predicted octanol–water partition coefficient (Wildman–Crippen LogP) is 3.98. The number of fused-ring (bicyclic) bond motifs is 6. The molecule has 0 spiro atoms. The first-order valence-corrected chi connectivity index (χ1v) is 12.1. The van der Waals surface area contributed by atoms with Crippen LogP contribution in [0.3, 0.4) is 0 Å². The Kier molecular flexibility index (Phi) is 6.40. The van der Waals surface area contributed by atoms with Crippen LogP contribution in [0.4, 0.5) is 0 Å². The van der Waals surface area contributed by atoms with E-state index in [0.717, 1.165) is 71.7 Å². The molecule has 1 aromatic heterocycles. The molecule has 0 aliphatic carbocycles. The Morgan fingerprint density at radius 1 is 0.879 bits per heavy atom. The number of ether oxygens (including phenoxy) is 1. The zero-order valence-electron chi connectivity index (χ0n) is 19.3. The van der Waals surface area contributed by atoms with Crippen molar-refractivity contribution in [3.63, 3.8) is 0 Å². The second-order valence-electron chi connectivity index (χ2n) is 9.10. The highest BCUT2D eigenvalue weighted by molar-refractivity contribution is 6.20. The van der Waals surface area contributed by atoms with E-state index in [1.165, 1.54) is 19.3 Å². The maximum Gasteiger partial charge on any atom is 0.0658 e. The smallest absolute Gasteiger partial charge is 0.0658 e. The van der Waals surface area contributed by atoms with Crippen LogP contribution in [0.25, 0.3) is 12.2 Å². The molecule has 0 fully saturated rings. The molecule has 0 saturated heterocycles. The summed E-state index contributed by atoms with van der Waals surface area (Å²) in [7, 11) is 0. The summed E-state index contributed by atoms with van der Waals surface area (Å²) in [5.74, 6) is 0. The van der Waals surface area contributed by atoms with Gasteiger partial charge in [0.05, 0.1) is 28.4 Å². The molecule has 1 unspecified atom stereocenters. The van der Waals surface area contributed by atoms with Crippen molar-refractivity contribution >= 4 is 23.6 Å². The van der Waals surface area contributed by atoms with Crippen molar-refractivity contribution in [2.24, 2.45) is 9.98 Å². The molecule has 4 aliphatic rings. The first-order chi connectivity index (χ1) is 16.2. The number of rotatable bonds is 8. The highest BCUT2D eigenvalue weighted by Gasteiger charge is 2.32. The summed E-state index contributed by atoms with van der Waals surface area (Å²) in [5.41, 5.74) is 4.75. The molecule has 1 atom stereocenters. The van der Waals surface area contributed by atoms with E-state index in [1.54, 1.807) is 0 Å². The van der Waals surface area contributed by atoms with E-state index < -0.39 is 0 Å². The number of allylic oxidation sites excluding steroid dienone is 5. The van der Waals surface area contributed by atoms with Crippen LogP contribution in [0, 0.1) is 0 Å². The van der Waals surface area contributed by atoms with Crippen LogP contribution in [0.2, 0.25) is 0 Å². The standard InChI is InChI=1S/C28H32N4O/c1-2-3-4-5-15-33-16-14-28-13-12-26(32-28)19-25-9-8-22(30-25)17-21-6-7-23(29-21)18-24-10-11-27(20-28)31-24/h6-12,17-20,29,32H,2-5,13-16H2,1H3/b21-17-,23-18-,25-19-,27-20-. The molecule has 0 radical (unpaired) electrons. The Hall–Kier alpha value is -3.18. The van der Waals surface area contributed by atoms with Gasteiger partial charge in [-0.1, -0.05) is 32.3 Å². The number of nitrogens with one attached hydrogen (secondary N) is 2. The third-order valence-electron chi connectivity index (χ3n) is 6.35. The lowest BCUT2D eigenvalue weighted by Gasteiger charge is -2.28. The summed E-state index contributed by atoms with van der Waals surface area (Å²) in [4.78, 5) is 13.1. The summed E-state index contributed by atoms with van der Waals surface area (Å²) in [5, 5.41) is 5.82. The maximum absolute atomic E-state index is 6.00. The van der Waals surface area contributed by atoms with E-state index in [1.807, 2.05) is 0 Å². The summed E-state index contributed by atoms with van der Waals surface area (Å²) in [6.45, 7) is 3.81. The van der Waals surface area contributed by atoms with Crippen molar-refractivity contribution in [1.82, 2.24) is 10.3 Å². The lowest BCUT2D eigenvalue weighted by molar-refractivity contribution is 0.114. The minimum absolute atomic E-state index is 0.202. The van der Waals surface area contributed by atoms with Gasteiger partial charge in [-0.2, -0.15) is 0 Å². The van der Waals surface area contributed by atoms with Crippen LogP contribution < -0.4 is 16.0 Å². The van der Waals surface area contributed by atoms with Crippen molar-refractivity contribution in [3.05, 3.63) is 82.5 Å². The van der Waals surface area contributed by atoms with Crippen molar-refractivity contribution in [2.45, 2.75) is 51.0 Å². The Morgan fingerprint density at radius 3 is 2.42 bits per heavy atom. The molecule has 2 N–H and O–H groups in total. The van der Waals surface area contributed by atoms with Gasteiger partial charge in [-0.3, -0.25) is 0 Å². The van der Waals surface area contributed by atoms with Crippen LogP contribution in [-0.2, 0) is 4.74 Å². The van der Waals surface area contributed by atoms with Gasteiger partial charge < -0.3 is 15.0 Å². The largest absolute Gasteiger partial charge is 0.381 e. The molecule has 8 bridgehead atoms. The van der Waals surface area contributed by atoms with Crippen LogP contribution in [0.5, 0.6) is 0 Å². The summed E-state index contributed by atoms with van der Waals surface area (Å²) < 4.78 is 6.00. The number of nitrogens with zero attached hydrogens (tertiary/aromatic N) is 2. The molecular formula is C28H32N4O. The van der Waals surface area contributed by atoms with E-state index in [0.29, 0.717) is 0 Å². The second-order valence-corrected chi connectivity index (χ2v) is 9.10. The zero-order valence-corrected chi connectivity index (χ0v) is 19.3. The lowest BCUT2D eigenvalue weighted by Crippen LogP contribution is -2.39. The van der Waals surface area contributed by atoms with Gasteiger partial charge in [0.25, 0.3) is 0 Å². The average Bonchev–Trinajstić information content (AvgIpc) is 3.59. The summed E-state index contributed by atoms with van der Waals surface area (Å²) in [6, 6.07) is 4.15. The highest BCUT2D eigenvalue weighted by atomic mass is 16.5. The number of H-pyrrole nitrogens is 1. The topological polar surface area (TPSA) is 61.8 Å². The molecule has 5 nitrogen and oxygen atoms in total. The van der Waals surface area contributed by atoms with Crippen LogP contribution >= 0.6 is 0 Å². The van der Waals surface area contributed by atoms with Gasteiger partial charge in [-0.15, -0.1) is 0 Å². The molecular weight excluding hydrogens is 408 g/mol. The number of aromatic amines is 1. The van der Waals surface area contributed by atoms with Gasteiger partial charge in [0.15, 0.2) is 0 Å². The molecule has 0 amide bonds. The van der Waals surface area contributed by atoms with Crippen molar-refractivity contribution in [2.75, 3.05) is 13.2 Å². The third-order valence-corrected chi connectivity index (χ3v) is 6.35. The quantitative estimate of drug-likeness (QED) is 0.601. The normalized spacial score (nSPS) is 27.8. The molecule has 33 heavy (non-hydrogen) atoms. The Morgan fingerprint density at radius 2 is 1.64 bits per heavy atom. The fraction of sp³-hybridized carbons (Fsp3) is 0.357. The molecule has 5 heteroatoms. The lowest BCUT2D eigenvalue weighted by atomic mass is 9.92. The number of unbranched alkanes of at least 4 members (excludes halogenated alkanes) is 3. The molecule has 170 valence electrons. The van der Waals surface area contributed by atoms with E-state index in [-0.39, 0.29) is 5.54 Å². The van der Waals surface area contributed by atoms with Crippen molar-refractivity contribution in [3.8, 4) is 0 Å². The third kappa shape index (κ3) is 5.42. The first-order valence-electron chi connectivity index (χ1n) is 12.1. The molecule has 5 heterocycles. The van der Waals surface area contributed by atoms with E-state index in [9.17, 15) is 0 Å². The maximum atomic E-state index is 6.00. The number of aliphatic imine (C=N–C) groups is 2. The van der Waals surface area contributed by atoms with Gasteiger partial charge in [-0.05, 0) is 80.0 Å². The van der Waals surface area contributed by atoms with Gasteiger partial charge in [0, 0.05) is 29.6 Å². The number of hydrogen-bond acceptors (Lipinski definition) is 4. The molecule has 0 aromatic carbocycles. The average molecular weight is 441 g/mol. The summed E-state index contributed by atoms with van der Waals surface area (Å²) >= 11 is 0. The Balaban J connectivity index is 1.40. The molecule has 5 rings (SSSR count). The van der Waals surface area contributed by atoms with Crippen LogP contribution in [0.1, 0.15) is 45.4 Å². The van der Waals surface area contributed by atoms with Gasteiger partial charge in [0.2, 0.25) is 0 Å². The molecule has 0 saturated carbocycles. The van der Waals surface area contributed by atoms with Gasteiger partial charge in [0.1, 0.15) is 0 Å². The predicted molar refractivity (Wildman–Crippen MR) is 136 cm³/mol. The van der Waals surface area contributed by atoms with E-state index in [2.05, 4.69) is 84.0 Å². The van der Waals surface area contributed by atoms with E-state index >= 15 is 0 Å². The number of hydrogen-bond donors (Lipinski definition) is 2. The highest BCUT2D eigenvalue weighted by Crippen LogP contribution is 2.30. The monoisotopic (exact) mass is 440 g/mol. The SMILES string of the molecule is CCCCCCOCCC12/C=C3/C=CC(=N3)/C=c3/cc/c([nH]3)=C/C3=NC(=C\C(=CC1)N2)/C=C3. The summed E-state index contributed by atoms with van der Waals surface area (Å²) in [6.07, 6.45) is 25.8. The zero-order chi connectivity index (χ0) is 22.5. The van der Waals surface area contributed by atoms with Crippen molar-refractivity contribution < 1.29 is 4.74 Å². The van der Waals surface area contributed by atoms with E-state index in [4.69, 9.17) is 14.7 Å². The number of aromatic nitrogens is 1. The molecule has 1 aromatic rings. The fourth-order valence-corrected chi connectivity index (χ4v) is 4.56. The second kappa shape index (κ2) is 9.75. The first kappa shape index (κ1) is 21.7. The molecule has 4 aliphatic heterocycles. The minimum Gasteiger partial charge on any atom is -0.381 e. The van der Waals surface area contributed by atoms with Gasteiger partial charge in [-0.25, -0.2) is 9.98 Å². The fourth-order valence-electron chi connectivity index (χ4n) is 4.56. The minimum atomic E-state index is -0.202. The van der Waals surface area contributed by atoms with Crippen LogP contribution in [-0.4, -0.2) is 35.2 Å². The van der Waals surface area contributed by atoms with Gasteiger partial charge >= 0.3 is 0 Å². The van der Waals surface area contributed by atoms with Crippen molar-refractivity contribution in [1.29, 1.82) is 0 Å². The Bertz CT molecular complexity index is 1230. The van der Waals surface area contributed by atoms with Crippen LogP contribution in [0.15, 0.2) is 81.7 Å².